The highest BCUT2D eigenvalue weighted by atomic mass is 35.5. The first kappa shape index (κ1) is 28.7. The maximum atomic E-state index is 13.7. The van der Waals surface area contributed by atoms with Gasteiger partial charge in [-0.25, -0.2) is 14.4 Å². The van der Waals surface area contributed by atoms with E-state index in [0.29, 0.717) is 53.5 Å². The molecule has 0 saturated carbocycles. The summed E-state index contributed by atoms with van der Waals surface area (Å²) in [6.45, 7) is 4.20. The Bertz CT molecular complexity index is 1450. The van der Waals surface area contributed by atoms with Crippen molar-refractivity contribution < 1.29 is 28.2 Å². The molecule has 0 bridgehead atoms. The number of hydrogen-bond donors (Lipinski definition) is 2. The number of amides is 1. The van der Waals surface area contributed by atoms with E-state index in [-0.39, 0.29) is 35.7 Å². The van der Waals surface area contributed by atoms with Crippen molar-refractivity contribution in [1.29, 1.82) is 0 Å². The number of benzene rings is 2. The summed E-state index contributed by atoms with van der Waals surface area (Å²) < 4.78 is 30.6. The van der Waals surface area contributed by atoms with Crippen LogP contribution < -0.4 is 15.4 Å². The van der Waals surface area contributed by atoms with Crippen molar-refractivity contribution in [1.82, 2.24) is 14.9 Å². The molecule has 2 aromatic carbocycles. The third kappa shape index (κ3) is 7.69. The molecule has 12 heteroatoms. The van der Waals surface area contributed by atoms with Gasteiger partial charge in [-0.1, -0.05) is 17.7 Å². The van der Waals surface area contributed by atoms with Crippen LogP contribution in [0.3, 0.4) is 0 Å². The smallest absolute Gasteiger partial charge is 0.320 e. The topological polar surface area (TPSA) is 115 Å². The summed E-state index contributed by atoms with van der Waals surface area (Å²) in [5.41, 5.74) is 1.56. The summed E-state index contributed by atoms with van der Waals surface area (Å²) in [7, 11) is 0. The van der Waals surface area contributed by atoms with Crippen LogP contribution in [0.15, 0.2) is 48.8 Å². The number of fused-ring (bicyclic) bond motifs is 1. The zero-order valence-corrected chi connectivity index (χ0v) is 23.3. The monoisotopic (exact) mass is 583 g/mol. The molecule has 3 heterocycles. The number of halogens is 2. The average molecular weight is 584 g/mol. The molecule has 0 unspecified atom stereocenters. The van der Waals surface area contributed by atoms with Crippen LogP contribution in [0.5, 0.6) is 5.75 Å². The van der Waals surface area contributed by atoms with Gasteiger partial charge in [0, 0.05) is 49.3 Å². The molecule has 0 radical (unpaired) electrons. The molecule has 5 rings (SSSR count). The van der Waals surface area contributed by atoms with Crippen LogP contribution in [-0.2, 0) is 19.1 Å². The highest BCUT2D eigenvalue weighted by molar-refractivity contribution is 6.31. The zero-order chi connectivity index (χ0) is 28.8. The number of carbonyl (C=O) groups is 2. The summed E-state index contributed by atoms with van der Waals surface area (Å²) in [6.07, 6.45) is 7.26. The maximum Gasteiger partial charge on any atom is 0.320 e. The van der Waals surface area contributed by atoms with Crippen LogP contribution in [0.2, 0.25) is 5.02 Å². The Balaban J connectivity index is 1.36. The minimum Gasteiger partial charge on any atom is -0.491 e. The molecule has 10 nitrogen and oxygen atoms in total. The van der Waals surface area contributed by atoms with Crippen LogP contribution in [0.1, 0.15) is 26.2 Å². The largest absolute Gasteiger partial charge is 0.491 e. The molecule has 2 aliphatic rings. The summed E-state index contributed by atoms with van der Waals surface area (Å²) in [6, 6.07) is 7.75. The Hall–Kier alpha value is -3.80. The van der Waals surface area contributed by atoms with E-state index in [4.69, 9.17) is 25.8 Å². The van der Waals surface area contributed by atoms with Crippen molar-refractivity contribution in [3.8, 4) is 5.75 Å². The fraction of sp³-hybridized carbons (Fsp3) is 0.379. The van der Waals surface area contributed by atoms with Crippen molar-refractivity contribution in [2.24, 2.45) is 0 Å². The van der Waals surface area contributed by atoms with E-state index in [2.05, 4.69) is 20.6 Å². The Morgan fingerprint density at radius 2 is 2.17 bits per heavy atom. The zero-order valence-electron chi connectivity index (χ0n) is 22.6. The second-order valence-electron chi connectivity index (χ2n) is 10.0. The molecule has 3 aromatic rings. The lowest BCUT2D eigenvalue weighted by molar-refractivity contribution is -0.156. The second kappa shape index (κ2) is 13.2. The third-order valence-corrected chi connectivity index (χ3v) is 7.02. The van der Waals surface area contributed by atoms with Crippen LogP contribution >= 0.6 is 11.6 Å². The van der Waals surface area contributed by atoms with Gasteiger partial charge >= 0.3 is 5.97 Å². The Labute approximate surface area is 241 Å². The molecule has 0 spiro atoms. The van der Waals surface area contributed by atoms with Gasteiger partial charge in [0.1, 0.15) is 29.8 Å². The standard InChI is InChI=1S/C29H31ClFN5O5/c1-18-15-36(16-28(38)41-18)9-2-5-27(37)35-25-13-21-24(14-26(25)40-11-8-20-4-3-10-39-20)32-17-33-29(21)34-19-6-7-23(31)22(30)12-19/h2,5-7,12-14,17-18,20H,3-4,8-11,15-16H2,1H3,(H,35,37)(H,32,33,34)/t18-,20+/m1/s1. The molecular weight excluding hydrogens is 553 g/mol. The van der Waals surface area contributed by atoms with Gasteiger partial charge in [-0.05, 0) is 44.0 Å². The fourth-order valence-corrected chi connectivity index (χ4v) is 5.00. The van der Waals surface area contributed by atoms with Crippen LogP contribution in [0.4, 0.5) is 21.6 Å². The molecule has 2 aliphatic heterocycles. The molecular formula is C29H31ClFN5O5. The summed E-state index contributed by atoms with van der Waals surface area (Å²) in [4.78, 5) is 35.2. The van der Waals surface area contributed by atoms with Gasteiger partial charge in [0.05, 0.1) is 35.5 Å². The van der Waals surface area contributed by atoms with E-state index in [1.54, 1.807) is 24.3 Å². The number of rotatable bonds is 10. The number of hydrogen-bond acceptors (Lipinski definition) is 9. The Kier molecular flexibility index (Phi) is 9.28. The lowest BCUT2D eigenvalue weighted by Crippen LogP contribution is -2.44. The van der Waals surface area contributed by atoms with Crippen molar-refractivity contribution in [2.45, 2.75) is 38.4 Å². The Morgan fingerprint density at radius 1 is 1.29 bits per heavy atom. The quantitative estimate of drug-likeness (QED) is 0.255. The van der Waals surface area contributed by atoms with Gasteiger partial charge in [0.2, 0.25) is 5.91 Å². The number of nitrogens with zero attached hydrogens (tertiary/aromatic N) is 3. The number of nitrogens with one attached hydrogen (secondary N) is 2. The number of cyclic esters (lactones) is 1. The predicted octanol–water partition coefficient (Wildman–Crippen LogP) is 4.86. The first-order valence-electron chi connectivity index (χ1n) is 13.5. The van der Waals surface area contributed by atoms with E-state index >= 15 is 0 Å². The minimum absolute atomic E-state index is 0.0223. The Morgan fingerprint density at radius 3 is 2.95 bits per heavy atom. The highest BCUT2D eigenvalue weighted by Gasteiger charge is 2.22. The SMILES string of the molecule is C[C@@H]1CN(CC=CC(=O)Nc2cc3c(Nc4ccc(F)c(Cl)c4)ncnc3cc2OCC[C@@H]2CCCO2)CC(=O)O1. The molecule has 1 amide bonds. The fourth-order valence-electron chi connectivity index (χ4n) is 4.82. The second-order valence-corrected chi connectivity index (χ2v) is 10.4. The highest BCUT2D eigenvalue weighted by Crippen LogP contribution is 2.34. The van der Waals surface area contributed by atoms with Crippen LogP contribution in [0.25, 0.3) is 10.9 Å². The van der Waals surface area contributed by atoms with Gasteiger partial charge in [-0.3, -0.25) is 14.5 Å². The first-order chi connectivity index (χ1) is 19.8. The van der Waals surface area contributed by atoms with E-state index in [9.17, 15) is 14.0 Å². The molecule has 2 saturated heterocycles. The van der Waals surface area contributed by atoms with Gasteiger partial charge in [0.25, 0.3) is 0 Å². The lowest BCUT2D eigenvalue weighted by Gasteiger charge is -2.29. The number of carbonyl (C=O) groups excluding carboxylic acids is 2. The van der Waals surface area contributed by atoms with E-state index < -0.39 is 5.82 Å². The molecule has 2 atom stereocenters. The summed E-state index contributed by atoms with van der Waals surface area (Å²) >= 11 is 5.95. The summed E-state index contributed by atoms with van der Waals surface area (Å²) in [5, 5.41) is 6.63. The number of esters is 1. The molecule has 0 aliphatic carbocycles. The lowest BCUT2D eigenvalue weighted by atomic mass is 10.1. The average Bonchev–Trinajstić information content (AvgIpc) is 3.44. The van der Waals surface area contributed by atoms with Gasteiger partial charge in [0.15, 0.2) is 0 Å². The van der Waals surface area contributed by atoms with Crippen LogP contribution in [-0.4, -0.2) is 71.8 Å². The van der Waals surface area contributed by atoms with Crippen molar-refractivity contribution in [3.63, 3.8) is 0 Å². The van der Waals surface area contributed by atoms with Gasteiger partial charge in [-0.2, -0.15) is 0 Å². The molecule has 1 aromatic heterocycles. The predicted molar refractivity (Wildman–Crippen MR) is 153 cm³/mol. The number of morpholine rings is 1. The van der Waals surface area contributed by atoms with Crippen molar-refractivity contribution in [2.75, 3.05) is 43.5 Å². The van der Waals surface area contributed by atoms with Gasteiger partial charge in [-0.15, -0.1) is 0 Å². The molecule has 2 fully saturated rings. The minimum atomic E-state index is -0.526. The molecule has 2 N–H and O–H groups in total. The number of anilines is 3. The molecule has 41 heavy (non-hydrogen) atoms. The van der Waals surface area contributed by atoms with Gasteiger partial charge < -0.3 is 24.8 Å². The summed E-state index contributed by atoms with van der Waals surface area (Å²) in [5.74, 6) is -0.267. The maximum absolute atomic E-state index is 13.7. The van der Waals surface area contributed by atoms with Crippen molar-refractivity contribution in [3.05, 3.63) is 59.7 Å². The number of ether oxygens (including phenoxy) is 3. The molecule has 216 valence electrons. The van der Waals surface area contributed by atoms with Crippen molar-refractivity contribution >= 4 is 51.6 Å². The van der Waals surface area contributed by atoms with E-state index in [0.717, 1.165) is 25.9 Å². The normalized spacial score (nSPS) is 19.4. The number of aromatic nitrogens is 2. The van der Waals surface area contributed by atoms with E-state index in [1.807, 2.05) is 11.8 Å². The van der Waals surface area contributed by atoms with Crippen LogP contribution in [0, 0.1) is 5.82 Å². The van der Waals surface area contributed by atoms with E-state index in [1.165, 1.54) is 24.5 Å². The first-order valence-corrected chi connectivity index (χ1v) is 13.9. The third-order valence-electron chi connectivity index (χ3n) is 6.73.